The number of sulfonamides is 1. The lowest BCUT2D eigenvalue weighted by molar-refractivity contribution is 0.558. The Balaban J connectivity index is 2.25. The average Bonchev–Trinajstić information content (AvgIpc) is 2.42. The summed E-state index contributed by atoms with van der Waals surface area (Å²) in [5.74, 6) is -1.01. The Bertz CT molecular complexity index is 766. The van der Waals surface area contributed by atoms with Crippen LogP contribution in [0.5, 0.6) is 0 Å². The Kier molecular flexibility index (Phi) is 4.88. The molecule has 112 valence electrons. The van der Waals surface area contributed by atoms with Crippen LogP contribution in [0, 0.1) is 5.82 Å². The number of nitrogens with two attached hydrogens (primary N) is 1. The van der Waals surface area contributed by atoms with Crippen molar-refractivity contribution in [1.82, 2.24) is 4.72 Å². The number of hydrogen-bond donors (Lipinski definition) is 2. The van der Waals surface area contributed by atoms with E-state index in [0.717, 1.165) is 22.2 Å². The van der Waals surface area contributed by atoms with Gasteiger partial charge in [-0.05, 0) is 29.8 Å². The molecule has 0 bridgehead atoms. The van der Waals surface area contributed by atoms with Crippen LogP contribution in [-0.2, 0) is 16.6 Å². The van der Waals surface area contributed by atoms with Crippen LogP contribution < -0.4 is 10.5 Å². The highest BCUT2D eigenvalue weighted by molar-refractivity contribution is 9.10. The maximum atomic E-state index is 13.8. The summed E-state index contributed by atoms with van der Waals surface area (Å²) >= 11 is 9.00. The molecule has 0 saturated carbocycles. The van der Waals surface area contributed by atoms with Crippen LogP contribution in [0.4, 0.5) is 10.1 Å². The molecule has 4 nitrogen and oxygen atoms in total. The molecule has 21 heavy (non-hydrogen) atoms. The Hall–Kier alpha value is -1.15. The van der Waals surface area contributed by atoms with Gasteiger partial charge in [0.1, 0.15) is 4.90 Å². The smallest absolute Gasteiger partial charge is 0.243 e. The predicted molar refractivity (Wildman–Crippen MR) is 84.0 cm³/mol. The second-order valence-corrected chi connectivity index (χ2v) is 7.35. The quantitative estimate of drug-likeness (QED) is 0.783. The molecule has 0 aliphatic rings. The van der Waals surface area contributed by atoms with Crippen LogP contribution in [0.15, 0.2) is 45.8 Å². The number of rotatable bonds is 4. The fourth-order valence-corrected chi connectivity index (χ4v) is 3.34. The normalized spacial score (nSPS) is 11.6. The van der Waals surface area contributed by atoms with Gasteiger partial charge in [-0.2, -0.15) is 0 Å². The number of hydrogen-bond acceptors (Lipinski definition) is 3. The summed E-state index contributed by atoms with van der Waals surface area (Å²) in [5.41, 5.74) is 5.81. The van der Waals surface area contributed by atoms with Gasteiger partial charge in [-0.15, -0.1) is 0 Å². The Morgan fingerprint density at radius 1 is 1.24 bits per heavy atom. The van der Waals surface area contributed by atoms with Crippen molar-refractivity contribution in [3.05, 3.63) is 57.3 Å². The number of nitrogen functional groups attached to an aromatic ring is 1. The zero-order valence-corrected chi connectivity index (χ0v) is 13.8. The zero-order chi connectivity index (χ0) is 15.6. The van der Waals surface area contributed by atoms with Crippen LogP contribution in [0.2, 0.25) is 5.02 Å². The van der Waals surface area contributed by atoms with Gasteiger partial charge in [0, 0.05) is 16.0 Å². The van der Waals surface area contributed by atoms with Crippen LogP contribution in [-0.4, -0.2) is 8.42 Å². The lowest BCUT2D eigenvalue weighted by Gasteiger charge is -2.09. The standard InChI is InChI=1S/C13H11BrClFN2O2S/c14-9-3-1-8(2-4-9)7-18-21(19,20)12-6-10(15)5-11(17)13(12)16/h1-6,18H,7,17H2. The van der Waals surface area contributed by atoms with E-state index in [1.54, 1.807) is 24.3 Å². The SMILES string of the molecule is Nc1cc(Cl)cc(S(=O)(=O)NCc2ccc(Br)cc2)c1F. The van der Waals surface area contributed by atoms with Crippen molar-refractivity contribution in [3.8, 4) is 0 Å². The largest absolute Gasteiger partial charge is 0.396 e. The molecule has 0 fully saturated rings. The van der Waals surface area contributed by atoms with Gasteiger partial charge in [-0.3, -0.25) is 0 Å². The molecule has 0 amide bonds. The van der Waals surface area contributed by atoms with Crippen molar-refractivity contribution in [2.24, 2.45) is 0 Å². The number of benzene rings is 2. The molecule has 2 rings (SSSR count). The fourth-order valence-electron chi connectivity index (χ4n) is 1.64. The molecule has 0 heterocycles. The topological polar surface area (TPSA) is 72.2 Å². The molecule has 0 unspecified atom stereocenters. The fraction of sp³-hybridized carbons (Fsp3) is 0.0769. The van der Waals surface area contributed by atoms with E-state index < -0.39 is 20.7 Å². The molecule has 0 radical (unpaired) electrons. The molecule has 2 aromatic rings. The predicted octanol–water partition coefficient (Wildman–Crippen LogP) is 3.30. The van der Waals surface area contributed by atoms with Gasteiger partial charge < -0.3 is 5.73 Å². The highest BCUT2D eigenvalue weighted by Crippen LogP contribution is 2.25. The van der Waals surface area contributed by atoms with Crippen molar-refractivity contribution in [2.75, 3.05) is 5.73 Å². The molecular formula is C13H11BrClFN2O2S. The minimum atomic E-state index is -4.05. The van der Waals surface area contributed by atoms with Gasteiger partial charge in [-0.25, -0.2) is 17.5 Å². The zero-order valence-electron chi connectivity index (χ0n) is 10.6. The molecule has 0 saturated heterocycles. The summed E-state index contributed by atoms with van der Waals surface area (Å²) in [6.45, 7) is 0.0292. The highest BCUT2D eigenvalue weighted by atomic mass is 79.9. The van der Waals surface area contributed by atoms with Crippen LogP contribution in [0.1, 0.15) is 5.56 Å². The van der Waals surface area contributed by atoms with Gasteiger partial charge >= 0.3 is 0 Å². The summed E-state index contributed by atoms with van der Waals surface area (Å²) in [6, 6.07) is 9.23. The van der Waals surface area contributed by atoms with Gasteiger partial charge in [0.25, 0.3) is 0 Å². The molecule has 0 aliphatic heterocycles. The lowest BCUT2D eigenvalue weighted by Crippen LogP contribution is -2.24. The van der Waals surface area contributed by atoms with E-state index in [9.17, 15) is 12.8 Å². The van der Waals surface area contributed by atoms with Gasteiger partial charge in [0.05, 0.1) is 5.69 Å². The van der Waals surface area contributed by atoms with Crippen molar-refractivity contribution < 1.29 is 12.8 Å². The van der Waals surface area contributed by atoms with Gasteiger partial charge in [0.15, 0.2) is 5.82 Å². The van der Waals surface area contributed by atoms with E-state index in [0.29, 0.717) is 0 Å². The second kappa shape index (κ2) is 6.31. The highest BCUT2D eigenvalue weighted by Gasteiger charge is 2.21. The summed E-state index contributed by atoms with van der Waals surface area (Å²) in [5, 5.41) is 0.0536. The summed E-state index contributed by atoms with van der Waals surface area (Å²) in [6.07, 6.45) is 0. The third kappa shape index (κ3) is 3.94. The molecule has 0 aliphatic carbocycles. The number of anilines is 1. The van der Waals surface area contributed by atoms with E-state index in [1.807, 2.05) is 0 Å². The maximum absolute atomic E-state index is 13.8. The Morgan fingerprint density at radius 3 is 2.48 bits per heavy atom. The van der Waals surface area contributed by atoms with Gasteiger partial charge in [0.2, 0.25) is 10.0 Å². The van der Waals surface area contributed by atoms with E-state index in [2.05, 4.69) is 20.7 Å². The molecule has 0 spiro atoms. The van der Waals surface area contributed by atoms with E-state index in [-0.39, 0.29) is 17.3 Å². The Labute approximate surface area is 135 Å². The first-order chi connectivity index (χ1) is 9.79. The minimum absolute atomic E-state index is 0.0292. The number of nitrogens with one attached hydrogen (secondary N) is 1. The van der Waals surface area contributed by atoms with E-state index >= 15 is 0 Å². The summed E-state index contributed by atoms with van der Waals surface area (Å²) < 4.78 is 41.3. The van der Waals surface area contributed by atoms with E-state index in [4.69, 9.17) is 17.3 Å². The van der Waals surface area contributed by atoms with Crippen molar-refractivity contribution >= 4 is 43.2 Å². The maximum Gasteiger partial charge on any atom is 0.243 e. The molecule has 0 atom stereocenters. The molecule has 0 aromatic heterocycles. The second-order valence-electron chi connectivity index (χ2n) is 4.26. The monoisotopic (exact) mass is 392 g/mol. The van der Waals surface area contributed by atoms with Crippen LogP contribution >= 0.6 is 27.5 Å². The van der Waals surface area contributed by atoms with Crippen molar-refractivity contribution in [1.29, 1.82) is 0 Å². The summed E-state index contributed by atoms with van der Waals surface area (Å²) in [4.78, 5) is -0.565. The van der Waals surface area contributed by atoms with Gasteiger partial charge in [-0.1, -0.05) is 39.7 Å². The molecule has 3 N–H and O–H groups in total. The molecule has 2 aromatic carbocycles. The molecular weight excluding hydrogens is 383 g/mol. The number of halogens is 3. The summed E-state index contributed by atoms with van der Waals surface area (Å²) in [7, 11) is -4.05. The van der Waals surface area contributed by atoms with Crippen molar-refractivity contribution in [3.63, 3.8) is 0 Å². The van der Waals surface area contributed by atoms with Crippen LogP contribution in [0.25, 0.3) is 0 Å². The average molecular weight is 394 g/mol. The first-order valence-electron chi connectivity index (χ1n) is 5.78. The molecule has 8 heteroatoms. The minimum Gasteiger partial charge on any atom is -0.396 e. The first-order valence-corrected chi connectivity index (χ1v) is 8.43. The lowest BCUT2D eigenvalue weighted by atomic mass is 10.2. The van der Waals surface area contributed by atoms with Crippen LogP contribution in [0.3, 0.4) is 0 Å². The first kappa shape index (κ1) is 16.2. The van der Waals surface area contributed by atoms with Crippen molar-refractivity contribution in [2.45, 2.75) is 11.4 Å². The Morgan fingerprint density at radius 2 is 1.86 bits per heavy atom. The van der Waals surface area contributed by atoms with E-state index in [1.165, 1.54) is 0 Å². The third-order valence-corrected chi connectivity index (χ3v) is 4.85. The third-order valence-electron chi connectivity index (χ3n) is 2.70.